The fourth-order valence-corrected chi connectivity index (χ4v) is 2.58. The lowest BCUT2D eigenvalue weighted by atomic mass is 9.79. The third kappa shape index (κ3) is 3.29. The van der Waals surface area contributed by atoms with Crippen molar-refractivity contribution in [2.75, 3.05) is 0 Å². The third-order valence-corrected chi connectivity index (χ3v) is 3.80. The van der Waals surface area contributed by atoms with Crippen molar-refractivity contribution in [3.8, 4) is 0 Å². The van der Waals surface area contributed by atoms with Gasteiger partial charge >= 0.3 is 0 Å². The summed E-state index contributed by atoms with van der Waals surface area (Å²) in [5.74, 6) is 0.827. The zero-order chi connectivity index (χ0) is 12.1. The van der Waals surface area contributed by atoms with Gasteiger partial charge in [-0.3, -0.25) is 0 Å². The lowest BCUT2D eigenvalue weighted by Crippen LogP contribution is -2.17. The molecule has 1 fully saturated rings. The summed E-state index contributed by atoms with van der Waals surface area (Å²) >= 11 is 0. The number of benzene rings is 1. The molecule has 2 rings (SSSR count). The van der Waals surface area contributed by atoms with E-state index >= 15 is 0 Å². The zero-order valence-corrected chi connectivity index (χ0v) is 10.4. The lowest BCUT2D eigenvalue weighted by molar-refractivity contribution is -0.112. The minimum absolute atomic E-state index is 0.230. The quantitative estimate of drug-likeness (QED) is 0.712. The second kappa shape index (κ2) is 5.81. The Morgan fingerprint density at radius 1 is 1.18 bits per heavy atom. The summed E-state index contributed by atoms with van der Waals surface area (Å²) < 4.78 is 0. The van der Waals surface area contributed by atoms with Gasteiger partial charge in [-0.1, -0.05) is 48.9 Å². The van der Waals surface area contributed by atoms with E-state index in [1.165, 1.54) is 24.0 Å². The van der Waals surface area contributed by atoms with Gasteiger partial charge in [0, 0.05) is 5.92 Å². The number of allylic oxidation sites excluding steroid dienone is 1. The average Bonchev–Trinajstić information content (AvgIpc) is 2.40. The highest BCUT2D eigenvalue weighted by atomic mass is 16.1. The third-order valence-electron chi connectivity index (χ3n) is 3.80. The maximum Gasteiger partial charge on any atom is 0.123 e. The molecule has 1 nitrogen and oxygen atoms in total. The van der Waals surface area contributed by atoms with Gasteiger partial charge in [0.15, 0.2) is 0 Å². The molecule has 1 aromatic carbocycles. The standard InChI is InChI=1S/C16H20O/c1-13(12-17)16-9-7-15(8-10-16)11-14-5-3-2-4-6-14/h2-6,11-13,16H,7-10H2,1H3. The minimum atomic E-state index is 0.230. The van der Waals surface area contributed by atoms with Crippen molar-refractivity contribution < 1.29 is 4.79 Å². The number of aldehydes is 1. The van der Waals surface area contributed by atoms with E-state index in [1.54, 1.807) is 0 Å². The van der Waals surface area contributed by atoms with Crippen molar-refractivity contribution in [2.45, 2.75) is 32.6 Å². The molecular formula is C16H20O. The van der Waals surface area contributed by atoms with E-state index < -0.39 is 0 Å². The predicted octanol–water partition coefficient (Wildman–Crippen LogP) is 4.10. The fraction of sp³-hybridized carbons (Fsp3) is 0.438. The van der Waals surface area contributed by atoms with Crippen molar-refractivity contribution in [1.29, 1.82) is 0 Å². The molecule has 1 unspecified atom stereocenters. The minimum Gasteiger partial charge on any atom is -0.303 e. The number of carbonyl (C=O) groups is 1. The molecule has 1 aliphatic rings. The highest BCUT2D eigenvalue weighted by Gasteiger charge is 2.21. The number of rotatable bonds is 3. The Kier molecular flexibility index (Phi) is 4.13. The first-order valence-corrected chi connectivity index (χ1v) is 6.49. The summed E-state index contributed by atoms with van der Waals surface area (Å²) in [6, 6.07) is 10.5. The maximum absolute atomic E-state index is 10.8. The smallest absolute Gasteiger partial charge is 0.123 e. The molecule has 1 atom stereocenters. The number of hydrogen-bond acceptors (Lipinski definition) is 1. The van der Waals surface area contributed by atoms with E-state index in [0.29, 0.717) is 5.92 Å². The summed E-state index contributed by atoms with van der Waals surface area (Å²) in [4.78, 5) is 10.8. The number of hydrogen-bond donors (Lipinski definition) is 0. The molecule has 1 saturated carbocycles. The first-order chi connectivity index (χ1) is 8.29. The van der Waals surface area contributed by atoms with Gasteiger partial charge < -0.3 is 4.79 Å². The van der Waals surface area contributed by atoms with Crippen molar-refractivity contribution in [3.05, 3.63) is 41.5 Å². The van der Waals surface area contributed by atoms with E-state index in [4.69, 9.17) is 0 Å². The van der Waals surface area contributed by atoms with E-state index in [-0.39, 0.29) is 5.92 Å². The van der Waals surface area contributed by atoms with Gasteiger partial charge in [-0.2, -0.15) is 0 Å². The van der Waals surface area contributed by atoms with E-state index in [1.807, 2.05) is 13.0 Å². The molecule has 0 aliphatic heterocycles. The van der Waals surface area contributed by atoms with Crippen LogP contribution in [0, 0.1) is 11.8 Å². The molecule has 0 heterocycles. The molecule has 0 N–H and O–H groups in total. The Hall–Kier alpha value is -1.37. The average molecular weight is 228 g/mol. The van der Waals surface area contributed by atoms with Crippen molar-refractivity contribution in [3.63, 3.8) is 0 Å². The largest absolute Gasteiger partial charge is 0.303 e. The van der Waals surface area contributed by atoms with Gasteiger partial charge in [0.25, 0.3) is 0 Å². The summed E-state index contributed by atoms with van der Waals surface area (Å²) in [5, 5.41) is 0. The van der Waals surface area contributed by atoms with Gasteiger partial charge in [0.1, 0.15) is 6.29 Å². The SMILES string of the molecule is CC(C=O)C1CCC(=Cc2ccccc2)CC1. The van der Waals surface area contributed by atoms with Crippen molar-refractivity contribution in [1.82, 2.24) is 0 Å². The second-order valence-electron chi connectivity index (χ2n) is 5.05. The Balaban J connectivity index is 1.95. The summed E-state index contributed by atoms with van der Waals surface area (Å²) in [6.07, 6.45) is 8.05. The number of carbonyl (C=O) groups excluding carboxylic acids is 1. The Bertz CT molecular complexity index is 381. The van der Waals surface area contributed by atoms with Crippen LogP contribution in [0.3, 0.4) is 0 Å². The molecule has 0 saturated heterocycles. The van der Waals surface area contributed by atoms with Gasteiger partial charge in [-0.25, -0.2) is 0 Å². The van der Waals surface area contributed by atoms with Crippen LogP contribution in [0.2, 0.25) is 0 Å². The summed E-state index contributed by atoms with van der Waals surface area (Å²) in [7, 11) is 0. The van der Waals surface area contributed by atoms with Crippen molar-refractivity contribution >= 4 is 12.4 Å². The molecule has 0 amide bonds. The van der Waals surface area contributed by atoms with Crippen LogP contribution in [0.25, 0.3) is 6.08 Å². The molecule has 90 valence electrons. The van der Waals surface area contributed by atoms with Gasteiger partial charge in [0.2, 0.25) is 0 Å². The molecule has 1 heteroatoms. The van der Waals surface area contributed by atoms with Gasteiger partial charge in [-0.05, 0) is 37.2 Å². The molecule has 1 aromatic rings. The van der Waals surface area contributed by atoms with Crippen LogP contribution in [0.4, 0.5) is 0 Å². The van der Waals surface area contributed by atoms with Crippen molar-refractivity contribution in [2.24, 2.45) is 11.8 Å². The van der Waals surface area contributed by atoms with Crippen LogP contribution < -0.4 is 0 Å². The molecule has 17 heavy (non-hydrogen) atoms. The van der Waals surface area contributed by atoms with E-state index in [9.17, 15) is 4.79 Å². The van der Waals surface area contributed by atoms with Gasteiger partial charge in [0.05, 0.1) is 0 Å². The molecule has 0 spiro atoms. The normalized spacial score (nSPS) is 21.9. The van der Waals surface area contributed by atoms with Crippen LogP contribution in [0.5, 0.6) is 0 Å². The molecule has 0 bridgehead atoms. The highest BCUT2D eigenvalue weighted by Crippen LogP contribution is 2.33. The first kappa shape index (κ1) is 12.1. The Morgan fingerprint density at radius 3 is 2.41 bits per heavy atom. The second-order valence-corrected chi connectivity index (χ2v) is 5.05. The van der Waals surface area contributed by atoms with Gasteiger partial charge in [-0.15, -0.1) is 0 Å². The molecular weight excluding hydrogens is 208 g/mol. The summed E-state index contributed by atoms with van der Waals surface area (Å²) in [5.41, 5.74) is 2.83. The van der Waals surface area contributed by atoms with Crippen LogP contribution in [0.15, 0.2) is 35.9 Å². The monoisotopic (exact) mass is 228 g/mol. The first-order valence-electron chi connectivity index (χ1n) is 6.49. The highest BCUT2D eigenvalue weighted by molar-refractivity contribution is 5.54. The van der Waals surface area contributed by atoms with Crippen LogP contribution in [-0.4, -0.2) is 6.29 Å². The maximum atomic E-state index is 10.8. The molecule has 0 radical (unpaired) electrons. The Morgan fingerprint density at radius 2 is 1.82 bits per heavy atom. The summed E-state index contributed by atoms with van der Waals surface area (Å²) in [6.45, 7) is 2.05. The molecule has 0 aromatic heterocycles. The van der Waals surface area contributed by atoms with E-state index in [2.05, 4.69) is 30.3 Å². The van der Waals surface area contributed by atoms with Crippen LogP contribution in [0.1, 0.15) is 38.2 Å². The van der Waals surface area contributed by atoms with E-state index in [0.717, 1.165) is 19.1 Å². The predicted molar refractivity (Wildman–Crippen MR) is 71.6 cm³/mol. The van der Waals surface area contributed by atoms with Crippen LogP contribution in [-0.2, 0) is 4.79 Å². The van der Waals surface area contributed by atoms with Crippen LogP contribution >= 0.6 is 0 Å². The zero-order valence-electron chi connectivity index (χ0n) is 10.4. The topological polar surface area (TPSA) is 17.1 Å². The Labute approximate surface area is 104 Å². The molecule has 1 aliphatic carbocycles. The lowest BCUT2D eigenvalue weighted by Gasteiger charge is -2.26. The fourth-order valence-electron chi connectivity index (χ4n) is 2.58.